The van der Waals surface area contributed by atoms with Crippen LogP contribution in [0.5, 0.6) is 0 Å². The summed E-state index contributed by atoms with van der Waals surface area (Å²) in [6, 6.07) is -0.600. The number of hydrogen-bond donors (Lipinski definition) is 0. The predicted octanol–water partition coefficient (Wildman–Crippen LogP) is 0.0241. The largest absolute Gasteiger partial charge is 0.468 e. The van der Waals surface area contributed by atoms with Crippen LogP contribution in [0.1, 0.15) is 0 Å². The highest BCUT2D eigenvalue weighted by Gasteiger charge is 2.18. The minimum absolute atomic E-state index is 0.196. The molecule has 0 aromatic heterocycles. The molecule has 0 spiro atoms. The molecule has 0 heterocycles. The number of ether oxygens (including phenoxy) is 2. The molecule has 0 rings (SSSR count). The van der Waals surface area contributed by atoms with Crippen LogP contribution >= 0.6 is 11.8 Å². The van der Waals surface area contributed by atoms with Gasteiger partial charge in [0.2, 0.25) is 0 Å². The first-order valence-corrected chi connectivity index (χ1v) is 6.08. The molecule has 0 saturated carbocycles. The zero-order valence-corrected chi connectivity index (χ0v) is 11.3. The number of aliphatic imine (C=N–C) groups is 1. The third-order valence-corrected chi connectivity index (χ3v) is 2.67. The Labute approximate surface area is 105 Å². The fraction of sp³-hybridized carbons (Fsp3) is 0.700. The highest BCUT2D eigenvalue weighted by molar-refractivity contribution is 8.00. The lowest BCUT2D eigenvalue weighted by molar-refractivity contribution is -0.141. The van der Waals surface area contributed by atoms with Gasteiger partial charge in [-0.15, -0.1) is 11.8 Å². The molecule has 0 aromatic carbocycles. The second-order valence-corrected chi connectivity index (χ2v) is 4.39. The van der Waals surface area contributed by atoms with Gasteiger partial charge < -0.3 is 14.4 Å². The second kappa shape index (κ2) is 8.86. The molecule has 0 bridgehead atoms. The molecule has 1 atom stereocenters. The molecule has 98 valence electrons. The number of carbonyl (C=O) groups is 2. The van der Waals surface area contributed by atoms with Crippen molar-refractivity contribution in [2.75, 3.05) is 39.8 Å². The number of thioether (sulfide) groups is 1. The number of hydrogen-bond acceptors (Lipinski definition) is 6. The molecule has 0 aliphatic carbocycles. The van der Waals surface area contributed by atoms with Crippen molar-refractivity contribution in [1.29, 1.82) is 0 Å². The Morgan fingerprint density at radius 1 is 1.35 bits per heavy atom. The number of esters is 2. The van der Waals surface area contributed by atoms with Crippen molar-refractivity contribution in [2.24, 2.45) is 4.99 Å². The summed E-state index contributed by atoms with van der Waals surface area (Å²) in [5.74, 6) is -0.163. The average Bonchev–Trinajstić information content (AvgIpc) is 2.31. The molecular formula is C10H18N2O4S. The summed E-state index contributed by atoms with van der Waals surface area (Å²) in [6.07, 6.45) is 1.54. The van der Waals surface area contributed by atoms with Crippen molar-refractivity contribution in [3.05, 3.63) is 0 Å². The predicted molar refractivity (Wildman–Crippen MR) is 67.3 cm³/mol. The number of methoxy groups -OCH3 is 2. The highest BCUT2D eigenvalue weighted by atomic mass is 32.2. The molecule has 0 saturated heterocycles. The summed E-state index contributed by atoms with van der Waals surface area (Å²) in [6.45, 7) is 0. The first-order valence-electron chi connectivity index (χ1n) is 4.93. The van der Waals surface area contributed by atoms with E-state index in [1.807, 2.05) is 0 Å². The van der Waals surface area contributed by atoms with Gasteiger partial charge in [0.1, 0.15) is 0 Å². The fourth-order valence-corrected chi connectivity index (χ4v) is 1.68. The number of nitrogens with zero attached hydrogens (tertiary/aromatic N) is 2. The second-order valence-electron chi connectivity index (χ2n) is 3.36. The molecule has 0 amide bonds. The van der Waals surface area contributed by atoms with Crippen LogP contribution in [0, 0.1) is 0 Å². The van der Waals surface area contributed by atoms with Gasteiger partial charge >= 0.3 is 11.9 Å². The lowest BCUT2D eigenvalue weighted by atomic mass is 10.4. The van der Waals surface area contributed by atoms with Crippen LogP contribution in [-0.4, -0.2) is 69.0 Å². The van der Waals surface area contributed by atoms with E-state index < -0.39 is 12.0 Å². The van der Waals surface area contributed by atoms with Crippen molar-refractivity contribution in [1.82, 2.24) is 4.90 Å². The highest BCUT2D eigenvalue weighted by Crippen LogP contribution is 2.07. The monoisotopic (exact) mass is 262 g/mol. The summed E-state index contributed by atoms with van der Waals surface area (Å²) in [5, 5.41) is 0. The molecule has 1 unspecified atom stereocenters. The van der Waals surface area contributed by atoms with Crippen LogP contribution in [0.15, 0.2) is 4.99 Å². The van der Waals surface area contributed by atoms with Gasteiger partial charge in [-0.05, 0) is 0 Å². The van der Waals surface area contributed by atoms with Crippen molar-refractivity contribution in [3.8, 4) is 0 Å². The van der Waals surface area contributed by atoms with Crippen LogP contribution in [-0.2, 0) is 19.1 Å². The molecule has 6 nitrogen and oxygen atoms in total. The Morgan fingerprint density at radius 2 is 2.00 bits per heavy atom. The van der Waals surface area contributed by atoms with E-state index in [2.05, 4.69) is 14.5 Å². The van der Waals surface area contributed by atoms with Crippen LogP contribution in [0.3, 0.4) is 0 Å². The maximum Gasteiger partial charge on any atom is 0.331 e. The Hall–Kier alpha value is -1.24. The average molecular weight is 262 g/mol. The van der Waals surface area contributed by atoms with Crippen LogP contribution in [0.4, 0.5) is 0 Å². The van der Waals surface area contributed by atoms with E-state index in [9.17, 15) is 9.59 Å². The zero-order valence-electron chi connectivity index (χ0n) is 10.5. The summed E-state index contributed by atoms with van der Waals surface area (Å²) in [7, 11) is 6.25. The van der Waals surface area contributed by atoms with Gasteiger partial charge in [-0.2, -0.15) is 0 Å². The Morgan fingerprint density at radius 3 is 2.47 bits per heavy atom. The maximum absolute atomic E-state index is 11.4. The summed E-state index contributed by atoms with van der Waals surface area (Å²) in [4.78, 5) is 28.1. The number of carbonyl (C=O) groups excluding carboxylic acids is 2. The fourth-order valence-electron chi connectivity index (χ4n) is 0.835. The smallest absolute Gasteiger partial charge is 0.331 e. The van der Waals surface area contributed by atoms with Crippen LogP contribution < -0.4 is 0 Å². The van der Waals surface area contributed by atoms with E-state index in [1.165, 1.54) is 26.0 Å². The SMILES string of the molecule is COC(=O)CSCC(N=CN(C)C)C(=O)OC. The molecule has 0 radical (unpaired) electrons. The summed E-state index contributed by atoms with van der Waals surface area (Å²) >= 11 is 1.28. The van der Waals surface area contributed by atoms with Gasteiger partial charge in [-0.3, -0.25) is 9.79 Å². The Balaban J connectivity index is 4.20. The summed E-state index contributed by atoms with van der Waals surface area (Å²) in [5.41, 5.74) is 0. The van der Waals surface area contributed by atoms with Gasteiger partial charge in [0.15, 0.2) is 6.04 Å². The van der Waals surface area contributed by atoms with Crippen LogP contribution in [0.25, 0.3) is 0 Å². The van der Waals surface area contributed by atoms with Crippen LogP contribution in [0.2, 0.25) is 0 Å². The minimum Gasteiger partial charge on any atom is -0.468 e. The molecular weight excluding hydrogens is 244 g/mol. The molecule has 17 heavy (non-hydrogen) atoms. The molecule has 0 aliphatic rings. The van der Waals surface area contributed by atoms with Crippen molar-refractivity contribution < 1.29 is 19.1 Å². The third-order valence-electron chi connectivity index (χ3n) is 1.67. The number of rotatable bonds is 7. The standard InChI is InChI=1S/C10H18N2O4S/c1-12(2)7-11-8(10(14)16-4)5-17-6-9(13)15-3/h7-8H,5-6H2,1-4H3. The van der Waals surface area contributed by atoms with Crippen molar-refractivity contribution >= 4 is 30.0 Å². The van der Waals surface area contributed by atoms with Gasteiger partial charge in [-0.25, -0.2) is 4.79 Å². The quantitative estimate of drug-likeness (QED) is 0.366. The first kappa shape index (κ1) is 15.8. The van der Waals surface area contributed by atoms with Gasteiger partial charge in [0.25, 0.3) is 0 Å². The van der Waals surface area contributed by atoms with E-state index in [1.54, 1.807) is 25.3 Å². The van der Waals surface area contributed by atoms with E-state index in [0.29, 0.717) is 5.75 Å². The first-order chi connectivity index (χ1) is 8.01. The zero-order chi connectivity index (χ0) is 13.3. The molecule has 0 fully saturated rings. The molecule has 7 heteroatoms. The van der Waals surface area contributed by atoms with Gasteiger partial charge in [0.05, 0.1) is 26.3 Å². The third kappa shape index (κ3) is 7.62. The topological polar surface area (TPSA) is 68.2 Å². The van der Waals surface area contributed by atoms with E-state index in [-0.39, 0.29) is 11.7 Å². The maximum atomic E-state index is 11.4. The Bertz CT molecular complexity index is 281. The molecule has 0 aliphatic heterocycles. The van der Waals surface area contributed by atoms with E-state index >= 15 is 0 Å². The Kier molecular flexibility index (Phi) is 8.21. The molecule has 0 aromatic rings. The lowest BCUT2D eigenvalue weighted by Crippen LogP contribution is -2.25. The van der Waals surface area contributed by atoms with E-state index in [4.69, 9.17) is 0 Å². The lowest BCUT2D eigenvalue weighted by Gasteiger charge is -2.11. The minimum atomic E-state index is -0.600. The normalized spacial score (nSPS) is 12.2. The summed E-state index contributed by atoms with van der Waals surface area (Å²) < 4.78 is 9.12. The molecule has 0 N–H and O–H groups in total. The van der Waals surface area contributed by atoms with Crippen molar-refractivity contribution in [3.63, 3.8) is 0 Å². The van der Waals surface area contributed by atoms with Gasteiger partial charge in [-0.1, -0.05) is 0 Å². The van der Waals surface area contributed by atoms with Gasteiger partial charge in [0, 0.05) is 19.8 Å². The van der Waals surface area contributed by atoms with E-state index in [0.717, 1.165) is 0 Å². The van der Waals surface area contributed by atoms with Crippen molar-refractivity contribution in [2.45, 2.75) is 6.04 Å².